The molecule has 0 radical (unpaired) electrons. The molecule has 0 spiro atoms. The number of benzene rings is 1. The highest BCUT2D eigenvalue weighted by atomic mass is 16.5. The topological polar surface area (TPSA) is 79.1 Å². The molecule has 1 aliphatic heterocycles. The summed E-state index contributed by atoms with van der Waals surface area (Å²) in [5.41, 5.74) is 1.83. The third-order valence-electron chi connectivity index (χ3n) is 3.68. The van der Waals surface area contributed by atoms with Crippen molar-refractivity contribution in [2.24, 2.45) is 0 Å². The molecule has 2 aromatic rings. The second kappa shape index (κ2) is 7.49. The lowest BCUT2D eigenvalue weighted by molar-refractivity contribution is 0.104. The zero-order valence-electron chi connectivity index (χ0n) is 13.1. The monoisotopic (exact) mass is 320 g/mol. The van der Waals surface area contributed by atoms with Crippen LogP contribution in [0.1, 0.15) is 21.5 Å². The molecule has 0 amide bonds. The molecule has 1 aromatic carbocycles. The molecule has 2 heterocycles. The van der Waals surface area contributed by atoms with Gasteiger partial charge in [0.15, 0.2) is 5.78 Å². The van der Waals surface area contributed by atoms with Crippen molar-refractivity contribution >= 4 is 17.8 Å². The second-order valence-electron chi connectivity index (χ2n) is 5.30. The Morgan fingerprint density at radius 1 is 1.17 bits per heavy atom. The maximum atomic E-state index is 12.1. The maximum Gasteiger partial charge on any atom is 0.225 e. The fourth-order valence-corrected chi connectivity index (χ4v) is 2.32. The molecule has 0 N–H and O–H groups in total. The smallest absolute Gasteiger partial charge is 0.225 e. The number of carbonyl (C=O) groups excluding carboxylic acids is 1. The van der Waals surface area contributed by atoms with Gasteiger partial charge in [-0.1, -0.05) is 0 Å². The number of ether oxygens (including phenoxy) is 1. The van der Waals surface area contributed by atoms with E-state index in [2.05, 4.69) is 14.9 Å². The van der Waals surface area contributed by atoms with E-state index in [1.165, 1.54) is 6.08 Å². The number of carbonyl (C=O) groups is 1. The molecule has 24 heavy (non-hydrogen) atoms. The van der Waals surface area contributed by atoms with E-state index in [4.69, 9.17) is 10.00 Å². The summed E-state index contributed by atoms with van der Waals surface area (Å²) in [5.74, 6) is 0.547. The summed E-state index contributed by atoms with van der Waals surface area (Å²) >= 11 is 0. The van der Waals surface area contributed by atoms with Gasteiger partial charge in [-0.25, -0.2) is 9.97 Å². The lowest BCUT2D eigenvalue weighted by Gasteiger charge is -2.26. The molecular weight excluding hydrogens is 304 g/mol. The van der Waals surface area contributed by atoms with Gasteiger partial charge in [-0.15, -0.1) is 0 Å². The van der Waals surface area contributed by atoms with Gasteiger partial charge in [-0.3, -0.25) is 4.79 Å². The Morgan fingerprint density at radius 2 is 1.83 bits per heavy atom. The molecule has 0 unspecified atom stereocenters. The Kier molecular flexibility index (Phi) is 4.94. The molecule has 6 nitrogen and oxygen atoms in total. The van der Waals surface area contributed by atoms with E-state index in [0.29, 0.717) is 30.3 Å². The highest BCUT2D eigenvalue weighted by molar-refractivity contribution is 6.06. The molecule has 0 aliphatic carbocycles. The van der Waals surface area contributed by atoms with E-state index in [9.17, 15) is 4.79 Å². The third kappa shape index (κ3) is 3.83. The first-order valence-corrected chi connectivity index (χ1v) is 7.63. The minimum absolute atomic E-state index is 0.128. The average Bonchev–Trinajstić information content (AvgIpc) is 2.67. The summed E-state index contributed by atoms with van der Waals surface area (Å²) in [4.78, 5) is 22.8. The van der Waals surface area contributed by atoms with Crippen molar-refractivity contribution in [1.82, 2.24) is 9.97 Å². The van der Waals surface area contributed by atoms with E-state index in [1.807, 2.05) is 6.07 Å². The van der Waals surface area contributed by atoms with Crippen molar-refractivity contribution in [2.45, 2.75) is 0 Å². The molecule has 6 heteroatoms. The zero-order chi connectivity index (χ0) is 16.8. The van der Waals surface area contributed by atoms with E-state index >= 15 is 0 Å². The van der Waals surface area contributed by atoms with Gasteiger partial charge in [0, 0.05) is 36.6 Å². The summed E-state index contributed by atoms with van der Waals surface area (Å²) in [6.45, 7) is 2.94. The number of morpholine rings is 1. The SMILES string of the molecule is N#Cc1ccc(C(=O)/C=C/c2cnc(N3CCOCC3)nc2)cc1. The largest absolute Gasteiger partial charge is 0.378 e. The quantitative estimate of drug-likeness (QED) is 0.634. The number of aromatic nitrogens is 2. The summed E-state index contributed by atoms with van der Waals surface area (Å²) in [6, 6.07) is 8.56. The molecule has 120 valence electrons. The van der Waals surface area contributed by atoms with Gasteiger partial charge in [0.25, 0.3) is 0 Å². The fourth-order valence-electron chi connectivity index (χ4n) is 2.32. The Hall–Kier alpha value is -3.04. The van der Waals surface area contributed by atoms with Gasteiger partial charge in [0.05, 0.1) is 24.8 Å². The first-order valence-electron chi connectivity index (χ1n) is 7.63. The lowest BCUT2D eigenvalue weighted by Crippen LogP contribution is -2.37. The van der Waals surface area contributed by atoms with Crippen LogP contribution in [0.15, 0.2) is 42.7 Å². The molecule has 3 rings (SSSR count). The number of rotatable bonds is 4. The van der Waals surface area contributed by atoms with Gasteiger partial charge in [0.1, 0.15) is 0 Å². The van der Waals surface area contributed by atoms with E-state index in [0.717, 1.165) is 18.7 Å². The maximum absolute atomic E-state index is 12.1. The highest BCUT2D eigenvalue weighted by Crippen LogP contribution is 2.11. The molecule has 0 atom stereocenters. The number of anilines is 1. The highest BCUT2D eigenvalue weighted by Gasteiger charge is 2.13. The Labute approximate surface area is 140 Å². The minimum atomic E-state index is -0.128. The predicted octanol–water partition coefficient (Wildman–Crippen LogP) is 2.08. The number of ketones is 1. The average molecular weight is 320 g/mol. The third-order valence-corrected chi connectivity index (χ3v) is 3.68. The Balaban J connectivity index is 1.65. The molecule has 1 saturated heterocycles. The van der Waals surface area contributed by atoms with Crippen molar-refractivity contribution in [3.05, 3.63) is 59.4 Å². The summed E-state index contributed by atoms with van der Waals surface area (Å²) in [5, 5.41) is 8.76. The van der Waals surface area contributed by atoms with Crippen molar-refractivity contribution in [1.29, 1.82) is 5.26 Å². The van der Waals surface area contributed by atoms with Crippen LogP contribution in [0.2, 0.25) is 0 Å². The van der Waals surface area contributed by atoms with Crippen LogP contribution in [-0.2, 0) is 4.74 Å². The van der Waals surface area contributed by atoms with Gasteiger partial charge < -0.3 is 9.64 Å². The first kappa shape index (κ1) is 15.8. The van der Waals surface area contributed by atoms with Crippen LogP contribution in [0.25, 0.3) is 6.08 Å². The molecule has 0 saturated carbocycles. The van der Waals surface area contributed by atoms with Gasteiger partial charge in [-0.05, 0) is 36.4 Å². The van der Waals surface area contributed by atoms with Gasteiger partial charge in [-0.2, -0.15) is 5.26 Å². The molecular formula is C18H16N4O2. The summed E-state index contributed by atoms with van der Waals surface area (Å²) in [7, 11) is 0. The lowest BCUT2D eigenvalue weighted by atomic mass is 10.1. The number of hydrogen-bond donors (Lipinski definition) is 0. The summed E-state index contributed by atoms with van der Waals surface area (Å²) < 4.78 is 5.30. The Bertz CT molecular complexity index is 770. The van der Waals surface area contributed by atoms with E-state index < -0.39 is 0 Å². The fraction of sp³-hybridized carbons (Fsp3) is 0.222. The zero-order valence-corrected chi connectivity index (χ0v) is 13.1. The van der Waals surface area contributed by atoms with Crippen molar-refractivity contribution < 1.29 is 9.53 Å². The normalized spacial score (nSPS) is 14.5. The number of nitrogens with zero attached hydrogens (tertiary/aromatic N) is 4. The first-order chi connectivity index (χ1) is 11.8. The molecule has 1 aliphatic rings. The van der Waals surface area contributed by atoms with Gasteiger partial charge >= 0.3 is 0 Å². The second-order valence-corrected chi connectivity index (χ2v) is 5.30. The van der Waals surface area contributed by atoms with Crippen LogP contribution in [-0.4, -0.2) is 42.1 Å². The molecule has 1 fully saturated rings. The van der Waals surface area contributed by atoms with Crippen LogP contribution in [0, 0.1) is 11.3 Å². The molecule has 1 aromatic heterocycles. The van der Waals surface area contributed by atoms with Crippen molar-refractivity contribution in [2.75, 3.05) is 31.2 Å². The molecule has 0 bridgehead atoms. The van der Waals surface area contributed by atoms with Crippen LogP contribution in [0.5, 0.6) is 0 Å². The van der Waals surface area contributed by atoms with Gasteiger partial charge in [0.2, 0.25) is 5.95 Å². The van der Waals surface area contributed by atoms with E-state index in [-0.39, 0.29) is 5.78 Å². The van der Waals surface area contributed by atoms with Crippen molar-refractivity contribution in [3.63, 3.8) is 0 Å². The number of hydrogen-bond acceptors (Lipinski definition) is 6. The van der Waals surface area contributed by atoms with Crippen LogP contribution in [0.3, 0.4) is 0 Å². The minimum Gasteiger partial charge on any atom is -0.378 e. The number of allylic oxidation sites excluding steroid dienone is 1. The van der Waals surface area contributed by atoms with Crippen LogP contribution in [0.4, 0.5) is 5.95 Å². The Morgan fingerprint density at radius 3 is 2.46 bits per heavy atom. The van der Waals surface area contributed by atoms with Crippen LogP contribution >= 0.6 is 0 Å². The van der Waals surface area contributed by atoms with E-state index in [1.54, 1.807) is 42.7 Å². The standard InChI is InChI=1S/C18H16N4O2/c19-11-14-1-4-16(5-2-14)17(23)6-3-15-12-20-18(21-13-15)22-7-9-24-10-8-22/h1-6,12-13H,7-10H2/b6-3+. The van der Waals surface area contributed by atoms with Crippen molar-refractivity contribution in [3.8, 4) is 6.07 Å². The summed E-state index contributed by atoms with van der Waals surface area (Å²) in [6.07, 6.45) is 6.55. The predicted molar refractivity (Wildman–Crippen MR) is 89.6 cm³/mol. The van der Waals surface area contributed by atoms with Crippen LogP contribution < -0.4 is 4.90 Å². The number of nitriles is 1.